The van der Waals surface area contributed by atoms with Crippen molar-refractivity contribution in [2.75, 3.05) is 0 Å². The third-order valence-electron chi connectivity index (χ3n) is 8.32. The van der Waals surface area contributed by atoms with Gasteiger partial charge in [0, 0.05) is 18.8 Å². The quantitative estimate of drug-likeness (QED) is 0.517. The molecular formula is C22H30O5. The van der Waals surface area contributed by atoms with E-state index in [0.717, 1.165) is 19.3 Å². The molecule has 0 saturated heterocycles. The maximum atomic E-state index is 13.7. The summed E-state index contributed by atoms with van der Waals surface area (Å²) >= 11 is 0. The third kappa shape index (κ3) is 2.26. The van der Waals surface area contributed by atoms with Gasteiger partial charge in [-0.05, 0) is 48.0 Å². The first kappa shape index (κ1) is 18.7. The molecule has 0 bridgehead atoms. The number of cyclic esters (lactones) is 1. The summed E-state index contributed by atoms with van der Waals surface area (Å²) < 4.78 is 11.0. The molecule has 0 unspecified atom stereocenters. The van der Waals surface area contributed by atoms with Gasteiger partial charge in [0.05, 0.1) is 6.26 Å². The van der Waals surface area contributed by atoms with Crippen molar-refractivity contribution in [2.24, 2.45) is 39.9 Å². The van der Waals surface area contributed by atoms with Crippen LogP contribution in [0.4, 0.5) is 0 Å². The lowest BCUT2D eigenvalue weighted by molar-refractivity contribution is -0.187. The van der Waals surface area contributed by atoms with Crippen LogP contribution < -0.4 is 0 Å². The summed E-state index contributed by atoms with van der Waals surface area (Å²) in [4.78, 5) is 38.2. The number of ether oxygens (including phenoxy) is 2. The van der Waals surface area contributed by atoms with E-state index in [1.807, 2.05) is 6.92 Å². The SMILES string of the molecule is CC(=O)O[C@@H]1C[C@H]2[C@@H](C)[C@]3(C=COC3=O)C(=O)[C@@H]2[C@]2(C)CCCC(C)(C)[C@H]12. The largest absolute Gasteiger partial charge is 0.462 e. The molecule has 1 aliphatic heterocycles. The number of carbonyl (C=O) groups is 3. The Morgan fingerprint density at radius 3 is 2.52 bits per heavy atom. The van der Waals surface area contributed by atoms with Gasteiger partial charge in [-0.3, -0.25) is 14.4 Å². The second-order valence-electron chi connectivity index (χ2n) is 10.1. The smallest absolute Gasteiger partial charge is 0.328 e. The number of rotatable bonds is 1. The van der Waals surface area contributed by atoms with Gasteiger partial charge >= 0.3 is 11.9 Å². The van der Waals surface area contributed by atoms with E-state index in [1.165, 1.54) is 13.2 Å². The Labute approximate surface area is 160 Å². The van der Waals surface area contributed by atoms with Crippen LogP contribution in [0, 0.1) is 39.9 Å². The normalized spacial score (nSPS) is 47.5. The van der Waals surface area contributed by atoms with Gasteiger partial charge in [-0.25, -0.2) is 0 Å². The summed E-state index contributed by atoms with van der Waals surface area (Å²) in [7, 11) is 0. The Morgan fingerprint density at radius 2 is 1.93 bits per heavy atom. The lowest BCUT2D eigenvalue weighted by Crippen LogP contribution is -2.59. The van der Waals surface area contributed by atoms with Crippen LogP contribution in [-0.4, -0.2) is 23.8 Å². The highest BCUT2D eigenvalue weighted by Gasteiger charge is 2.72. The predicted molar refractivity (Wildman–Crippen MR) is 98.2 cm³/mol. The Hall–Kier alpha value is -1.65. The van der Waals surface area contributed by atoms with E-state index in [9.17, 15) is 14.4 Å². The first-order valence-electron chi connectivity index (χ1n) is 10.2. The van der Waals surface area contributed by atoms with E-state index in [2.05, 4.69) is 20.8 Å². The van der Waals surface area contributed by atoms with E-state index in [4.69, 9.17) is 9.47 Å². The van der Waals surface area contributed by atoms with E-state index in [1.54, 1.807) is 6.08 Å². The van der Waals surface area contributed by atoms with Gasteiger partial charge < -0.3 is 9.47 Å². The Balaban J connectivity index is 1.84. The monoisotopic (exact) mass is 374 g/mol. The topological polar surface area (TPSA) is 69.7 Å². The molecule has 0 aromatic carbocycles. The average Bonchev–Trinajstić information content (AvgIpc) is 3.02. The van der Waals surface area contributed by atoms with Gasteiger partial charge in [0.25, 0.3) is 0 Å². The highest BCUT2D eigenvalue weighted by Crippen LogP contribution is 2.68. The second-order valence-corrected chi connectivity index (χ2v) is 10.1. The van der Waals surface area contributed by atoms with Crippen molar-refractivity contribution in [3.8, 4) is 0 Å². The molecule has 148 valence electrons. The average molecular weight is 374 g/mol. The Morgan fingerprint density at radius 1 is 1.22 bits per heavy atom. The third-order valence-corrected chi connectivity index (χ3v) is 8.32. The first-order valence-corrected chi connectivity index (χ1v) is 10.2. The van der Waals surface area contributed by atoms with Gasteiger partial charge in [0.15, 0.2) is 11.2 Å². The molecule has 0 aromatic rings. The second kappa shape index (κ2) is 5.68. The van der Waals surface area contributed by atoms with Crippen molar-refractivity contribution in [3.05, 3.63) is 12.3 Å². The Bertz CT molecular complexity index is 737. The molecule has 3 fully saturated rings. The number of fused-ring (bicyclic) bond motifs is 3. The lowest BCUT2D eigenvalue weighted by atomic mass is 9.45. The minimum absolute atomic E-state index is 0.0187. The van der Waals surface area contributed by atoms with Crippen LogP contribution in [0.3, 0.4) is 0 Å². The predicted octanol–water partition coefficient (Wildman–Crippen LogP) is 3.66. The van der Waals surface area contributed by atoms with Gasteiger partial charge in [-0.2, -0.15) is 0 Å². The zero-order valence-electron chi connectivity index (χ0n) is 16.9. The van der Waals surface area contributed by atoms with E-state index < -0.39 is 11.4 Å². The standard InChI is InChI=1S/C22H30O5/c1-12-14-11-15(27-13(2)23)17-20(3,4)7-6-8-21(17,5)16(14)18(24)22(12)9-10-26-19(22)25/h9-10,12,14-17H,6-8,11H2,1-5H3/t12-,14+,15-,16-,17+,21+,22-/m1/s1. The summed E-state index contributed by atoms with van der Waals surface area (Å²) in [6, 6.07) is 0. The number of carbonyl (C=O) groups excluding carboxylic acids is 3. The van der Waals surface area contributed by atoms with Crippen molar-refractivity contribution in [1.82, 2.24) is 0 Å². The summed E-state index contributed by atoms with van der Waals surface area (Å²) in [5.74, 6) is -0.905. The molecule has 5 heteroatoms. The molecule has 0 aromatic heterocycles. The molecule has 7 atom stereocenters. The van der Waals surface area contributed by atoms with Crippen molar-refractivity contribution < 1.29 is 23.9 Å². The molecule has 0 radical (unpaired) electrons. The van der Waals surface area contributed by atoms with Gasteiger partial charge in [0.2, 0.25) is 0 Å². The molecular weight excluding hydrogens is 344 g/mol. The molecule has 4 aliphatic rings. The van der Waals surface area contributed by atoms with E-state index in [0.29, 0.717) is 6.42 Å². The maximum absolute atomic E-state index is 13.7. The van der Waals surface area contributed by atoms with Crippen molar-refractivity contribution in [2.45, 2.75) is 66.4 Å². The van der Waals surface area contributed by atoms with Crippen LogP contribution in [0.1, 0.15) is 60.3 Å². The highest BCUT2D eigenvalue weighted by atomic mass is 16.5. The molecule has 4 rings (SSSR count). The maximum Gasteiger partial charge on any atom is 0.328 e. The van der Waals surface area contributed by atoms with Crippen LogP contribution in [0.5, 0.6) is 0 Å². The lowest BCUT2D eigenvalue weighted by Gasteiger charge is -2.60. The number of esters is 2. The van der Waals surface area contributed by atoms with E-state index in [-0.39, 0.29) is 52.4 Å². The number of hydrogen-bond acceptors (Lipinski definition) is 5. The summed E-state index contributed by atoms with van der Waals surface area (Å²) in [6.07, 6.45) is 6.51. The Kier molecular flexibility index (Phi) is 3.93. The van der Waals surface area contributed by atoms with Gasteiger partial charge in [-0.15, -0.1) is 0 Å². The van der Waals surface area contributed by atoms with Crippen LogP contribution in [0.2, 0.25) is 0 Å². The van der Waals surface area contributed by atoms with Crippen LogP contribution >= 0.6 is 0 Å². The molecule has 3 aliphatic carbocycles. The highest BCUT2D eigenvalue weighted by molar-refractivity contribution is 6.10. The fraction of sp³-hybridized carbons (Fsp3) is 0.773. The minimum Gasteiger partial charge on any atom is -0.462 e. The number of ketones is 1. The summed E-state index contributed by atoms with van der Waals surface area (Å²) in [5, 5.41) is 0. The molecule has 1 spiro atoms. The van der Waals surface area contributed by atoms with Crippen molar-refractivity contribution in [1.29, 1.82) is 0 Å². The number of hydrogen-bond donors (Lipinski definition) is 0. The van der Waals surface area contributed by atoms with Crippen molar-refractivity contribution in [3.63, 3.8) is 0 Å². The van der Waals surface area contributed by atoms with E-state index >= 15 is 0 Å². The van der Waals surface area contributed by atoms with Crippen LogP contribution in [0.15, 0.2) is 12.3 Å². The fourth-order valence-corrected chi connectivity index (χ4v) is 7.46. The van der Waals surface area contributed by atoms with Crippen LogP contribution in [0.25, 0.3) is 0 Å². The molecule has 5 nitrogen and oxygen atoms in total. The molecule has 3 saturated carbocycles. The van der Waals surface area contributed by atoms with Crippen molar-refractivity contribution >= 4 is 17.7 Å². The van der Waals surface area contributed by atoms with Gasteiger partial charge in [-0.1, -0.05) is 34.1 Å². The molecule has 0 N–H and O–H groups in total. The summed E-state index contributed by atoms with van der Waals surface area (Å²) in [5.41, 5.74) is -1.46. The first-order chi connectivity index (χ1) is 12.6. The summed E-state index contributed by atoms with van der Waals surface area (Å²) in [6.45, 7) is 10.1. The fourth-order valence-electron chi connectivity index (χ4n) is 7.46. The zero-order chi connectivity index (χ0) is 19.8. The molecule has 0 amide bonds. The van der Waals surface area contributed by atoms with Crippen LogP contribution in [-0.2, 0) is 23.9 Å². The molecule has 1 heterocycles. The minimum atomic E-state index is -1.16. The van der Waals surface area contributed by atoms with Gasteiger partial charge in [0.1, 0.15) is 6.10 Å². The number of Topliss-reactive ketones (excluding diaryl/α,β-unsaturated/α-hetero) is 1. The molecule has 27 heavy (non-hydrogen) atoms. The zero-order valence-corrected chi connectivity index (χ0v) is 16.9.